The van der Waals surface area contributed by atoms with Gasteiger partial charge in [0, 0.05) is 6.42 Å². The van der Waals surface area contributed by atoms with Crippen molar-refractivity contribution in [1.29, 1.82) is 0 Å². The Balaban J connectivity index is 2.98. The van der Waals surface area contributed by atoms with E-state index in [-0.39, 0.29) is 0 Å². The van der Waals surface area contributed by atoms with Crippen molar-refractivity contribution in [2.75, 3.05) is 106 Å². The fourth-order valence-corrected chi connectivity index (χ4v) is 1.80. The Morgan fingerprint density at radius 2 is 0.759 bits per heavy atom. The summed E-state index contributed by atoms with van der Waals surface area (Å²) in [5.74, 6) is 2.39. The van der Waals surface area contributed by atoms with Crippen molar-refractivity contribution in [3.8, 4) is 12.3 Å². The van der Waals surface area contributed by atoms with E-state index >= 15 is 0 Å². The van der Waals surface area contributed by atoms with Crippen molar-refractivity contribution in [1.82, 2.24) is 0 Å². The Hall–Kier alpha value is -1.09. The van der Waals surface area contributed by atoms with E-state index < -0.39 is 0 Å². The summed E-state index contributed by atoms with van der Waals surface area (Å²) in [4.78, 5) is 10.1. The number of terminal acetylenes is 1. The van der Waals surface area contributed by atoms with Gasteiger partial charge in [-0.2, -0.15) is 0 Å². The number of hydrogen-bond acceptors (Lipinski definition) is 9. The van der Waals surface area contributed by atoms with Gasteiger partial charge >= 0.3 is 0 Å². The van der Waals surface area contributed by atoms with E-state index in [4.69, 9.17) is 44.3 Å². The van der Waals surface area contributed by atoms with E-state index in [9.17, 15) is 4.79 Å². The number of hydrogen-bond donors (Lipinski definition) is 0. The Bertz CT molecular complexity index is 360. The summed E-state index contributed by atoms with van der Waals surface area (Å²) in [6, 6.07) is 0. The molecule has 0 aliphatic heterocycles. The molecule has 0 aliphatic carbocycles. The largest absolute Gasteiger partial charge is 0.379 e. The number of carbonyl (C=O) groups excluding carboxylic acids is 1. The summed E-state index contributed by atoms with van der Waals surface area (Å²) in [5, 5.41) is 0. The van der Waals surface area contributed by atoms with Crippen LogP contribution in [0.5, 0.6) is 0 Å². The Morgan fingerprint density at radius 3 is 1.03 bits per heavy atom. The van der Waals surface area contributed by atoms with Crippen LogP contribution in [0.1, 0.15) is 6.42 Å². The summed E-state index contributed by atoms with van der Waals surface area (Å²) in [5.41, 5.74) is 0. The number of ether oxygens (including phenoxy) is 8. The van der Waals surface area contributed by atoms with Gasteiger partial charge < -0.3 is 42.7 Å². The van der Waals surface area contributed by atoms with Crippen molar-refractivity contribution in [2.24, 2.45) is 0 Å². The highest BCUT2D eigenvalue weighted by Gasteiger charge is 1.94. The maximum absolute atomic E-state index is 10.1. The number of carbonyl (C=O) groups is 1. The highest BCUT2D eigenvalue weighted by atomic mass is 16.6. The summed E-state index contributed by atoms with van der Waals surface area (Å²) < 4.78 is 42.4. The maximum atomic E-state index is 10.1. The molecule has 0 fully saturated rings. The molecule has 0 aromatic rings. The van der Waals surface area contributed by atoms with Gasteiger partial charge in [-0.15, -0.1) is 6.42 Å². The average Bonchev–Trinajstić information content (AvgIpc) is 2.74. The monoisotopic (exact) mass is 420 g/mol. The fourth-order valence-electron chi connectivity index (χ4n) is 1.80. The minimum absolute atomic E-state index is 0.310. The first-order valence-corrected chi connectivity index (χ1v) is 9.90. The molecular formula is C20H36O9. The highest BCUT2D eigenvalue weighted by molar-refractivity contribution is 5.49. The van der Waals surface area contributed by atoms with Crippen LogP contribution in [0.3, 0.4) is 0 Å². The van der Waals surface area contributed by atoms with Crippen LogP contribution in [0.2, 0.25) is 0 Å². The molecule has 0 atom stereocenters. The molecule has 0 unspecified atom stereocenters. The number of aldehydes is 1. The molecule has 0 amide bonds. The molecule has 170 valence electrons. The lowest BCUT2D eigenvalue weighted by Gasteiger charge is -2.08. The van der Waals surface area contributed by atoms with Crippen molar-refractivity contribution < 1.29 is 42.7 Å². The molecule has 0 heterocycles. The Labute approximate surface area is 174 Å². The zero-order valence-electron chi connectivity index (χ0n) is 17.3. The van der Waals surface area contributed by atoms with Gasteiger partial charge in [-0.3, -0.25) is 0 Å². The molecule has 0 saturated carbocycles. The second-order valence-electron chi connectivity index (χ2n) is 5.50. The molecule has 0 bridgehead atoms. The molecule has 0 saturated heterocycles. The highest BCUT2D eigenvalue weighted by Crippen LogP contribution is 1.86. The van der Waals surface area contributed by atoms with Crippen molar-refractivity contribution in [2.45, 2.75) is 6.42 Å². The van der Waals surface area contributed by atoms with Crippen molar-refractivity contribution in [3.05, 3.63) is 0 Å². The average molecular weight is 420 g/mol. The minimum Gasteiger partial charge on any atom is -0.379 e. The molecule has 9 nitrogen and oxygen atoms in total. The van der Waals surface area contributed by atoms with Crippen LogP contribution in [0, 0.1) is 12.3 Å². The van der Waals surface area contributed by atoms with Crippen LogP contribution in [0.25, 0.3) is 0 Å². The van der Waals surface area contributed by atoms with Crippen LogP contribution < -0.4 is 0 Å². The van der Waals surface area contributed by atoms with Gasteiger partial charge in [-0.05, 0) is 0 Å². The second kappa shape index (κ2) is 26.9. The van der Waals surface area contributed by atoms with Crippen LogP contribution in [0.15, 0.2) is 0 Å². The first-order chi connectivity index (χ1) is 14.4. The molecule has 0 spiro atoms. The van der Waals surface area contributed by atoms with Gasteiger partial charge in [-0.1, -0.05) is 5.92 Å². The zero-order valence-corrected chi connectivity index (χ0v) is 17.3. The van der Waals surface area contributed by atoms with Crippen LogP contribution in [-0.4, -0.2) is 112 Å². The van der Waals surface area contributed by atoms with Crippen LogP contribution in [-0.2, 0) is 42.7 Å². The first kappa shape index (κ1) is 27.9. The Morgan fingerprint density at radius 1 is 0.483 bits per heavy atom. The van der Waals surface area contributed by atoms with E-state index in [0.717, 1.165) is 6.29 Å². The summed E-state index contributed by atoms with van der Waals surface area (Å²) >= 11 is 0. The lowest BCUT2D eigenvalue weighted by Crippen LogP contribution is -2.15. The molecule has 9 heteroatoms. The maximum Gasteiger partial charge on any atom is 0.122 e. The van der Waals surface area contributed by atoms with Gasteiger partial charge in [-0.25, -0.2) is 0 Å². The Kier molecular flexibility index (Phi) is 25.9. The molecule has 0 rings (SSSR count). The predicted molar refractivity (Wildman–Crippen MR) is 106 cm³/mol. The summed E-state index contributed by atoms with van der Waals surface area (Å²) in [6.45, 7) is 7.86. The van der Waals surface area contributed by atoms with Gasteiger partial charge in [0.25, 0.3) is 0 Å². The van der Waals surface area contributed by atoms with Crippen molar-refractivity contribution >= 4 is 6.29 Å². The van der Waals surface area contributed by atoms with Crippen molar-refractivity contribution in [3.63, 3.8) is 0 Å². The molecule has 0 N–H and O–H groups in total. The van der Waals surface area contributed by atoms with E-state index in [1.807, 2.05) is 0 Å². The fraction of sp³-hybridized carbons (Fsp3) is 0.850. The summed E-state index contributed by atoms with van der Waals surface area (Å²) in [6.07, 6.45) is 6.30. The van der Waals surface area contributed by atoms with Crippen LogP contribution >= 0.6 is 0 Å². The third-order valence-corrected chi connectivity index (χ3v) is 3.17. The standard InChI is InChI=1S/C20H36O9/c1-2-5-22-7-9-24-11-13-26-15-17-28-19-20-29-18-16-27-14-12-25-10-8-23-6-3-4-21/h1,4H,3,5-20H2. The normalized spacial score (nSPS) is 10.9. The van der Waals surface area contributed by atoms with E-state index in [0.29, 0.717) is 112 Å². The van der Waals surface area contributed by atoms with E-state index in [1.165, 1.54) is 0 Å². The lowest BCUT2D eigenvalue weighted by molar-refractivity contribution is -0.108. The molecular weight excluding hydrogens is 384 g/mol. The van der Waals surface area contributed by atoms with E-state index in [1.54, 1.807) is 0 Å². The molecule has 0 aromatic carbocycles. The first-order valence-electron chi connectivity index (χ1n) is 9.90. The lowest BCUT2D eigenvalue weighted by atomic mass is 10.5. The SMILES string of the molecule is C#CCOCCOCCOCCOCCOCCOCCOCCOCCC=O. The van der Waals surface area contributed by atoms with Gasteiger partial charge in [0.15, 0.2) is 0 Å². The minimum atomic E-state index is 0.310. The third kappa shape index (κ3) is 26.9. The topological polar surface area (TPSA) is 90.9 Å². The molecule has 0 aromatic heterocycles. The quantitative estimate of drug-likeness (QED) is 0.118. The summed E-state index contributed by atoms with van der Waals surface area (Å²) in [7, 11) is 0. The van der Waals surface area contributed by atoms with Crippen LogP contribution in [0.4, 0.5) is 0 Å². The predicted octanol–water partition coefficient (Wildman–Crippen LogP) is 0.341. The van der Waals surface area contributed by atoms with Gasteiger partial charge in [0.2, 0.25) is 0 Å². The molecule has 29 heavy (non-hydrogen) atoms. The molecule has 0 aliphatic rings. The van der Waals surface area contributed by atoms with E-state index in [2.05, 4.69) is 5.92 Å². The number of rotatable bonds is 25. The van der Waals surface area contributed by atoms with Gasteiger partial charge in [0.05, 0.1) is 99.1 Å². The zero-order chi connectivity index (χ0) is 21.1. The smallest absolute Gasteiger partial charge is 0.122 e. The third-order valence-electron chi connectivity index (χ3n) is 3.17. The second-order valence-corrected chi connectivity index (χ2v) is 5.50. The van der Waals surface area contributed by atoms with Gasteiger partial charge in [0.1, 0.15) is 12.9 Å². The molecule has 0 radical (unpaired) electrons.